The Balaban J connectivity index is 1.59. The van der Waals surface area contributed by atoms with Gasteiger partial charge in [0.25, 0.3) is 5.91 Å². The minimum Gasteiger partial charge on any atom is -0.371 e. The number of rotatable bonds is 7. The van der Waals surface area contributed by atoms with Crippen LogP contribution < -0.4 is 10.2 Å². The molecule has 1 fully saturated rings. The molecule has 2 amide bonds. The summed E-state index contributed by atoms with van der Waals surface area (Å²) in [6, 6.07) is 37.3. The Bertz CT molecular complexity index is 1710. The second-order valence-electron chi connectivity index (χ2n) is 12.8. The van der Waals surface area contributed by atoms with Crippen molar-refractivity contribution in [1.82, 2.24) is 10.2 Å². The Morgan fingerprint density at radius 1 is 0.733 bits per heavy atom. The van der Waals surface area contributed by atoms with Gasteiger partial charge in [0.1, 0.15) is 6.04 Å². The molecule has 1 atom stereocenters. The van der Waals surface area contributed by atoms with Crippen LogP contribution in [-0.4, -0.2) is 35.3 Å². The number of likely N-dealkylation sites (tertiary alicyclic amines) is 1. The van der Waals surface area contributed by atoms with Crippen molar-refractivity contribution in [2.24, 2.45) is 0 Å². The van der Waals surface area contributed by atoms with Gasteiger partial charge in [-0.05, 0) is 74.4 Å². The maximum Gasteiger partial charge on any atom is 0.260 e. The van der Waals surface area contributed by atoms with Gasteiger partial charge in [-0.3, -0.25) is 14.5 Å². The second kappa shape index (κ2) is 13.0. The molecule has 4 aromatic rings. The average Bonchev–Trinajstić information content (AvgIpc) is 3.34. The van der Waals surface area contributed by atoms with Gasteiger partial charge in [-0.1, -0.05) is 109 Å². The van der Waals surface area contributed by atoms with Crippen LogP contribution in [0.5, 0.6) is 0 Å². The average molecular weight is 596 g/mol. The normalized spacial score (nSPS) is 17.1. The molecule has 2 heterocycles. The largest absolute Gasteiger partial charge is 0.371 e. The minimum absolute atomic E-state index is 0.185. The molecule has 5 nitrogen and oxygen atoms in total. The van der Waals surface area contributed by atoms with E-state index in [1.807, 2.05) is 99.6 Å². The van der Waals surface area contributed by atoms with Crippen LogP contribution in [0.1, 0.15) is 68.3 Å². The maximum atomic E-state index is 15.0. The fourth-order valence-corrected chi connectivity index (χ4v) is 6.40. The fourth-order valence-electron chi connectivity index (χ4n) is 6.40. The molecule has 45 heavy (non-hydrogen) atoms. The van der Waals surface area contributed by atoms with E-state index >= 15 is 4.79 Å². The molecule has 1 unspecified atom stereocenters. The number of amides is 2. The molecule has 5 heteroatoms. The molecule has 0 bridgehead atoms. The zero-order valence-corrected chi connectivity index (χ0v) is 26.4. The van der Waals surface area contributed by atoms with Gasteiger partial charge in [0.15, 0.2) is 0 Å². The Labute approximate surface area is 266 Å². The van der Waals surface area contributed by atoms with Crippen molar-refractivity contribution in [2.45, 2.75) is 51.6 Å². The number of fused-ring (bicyclic) bond motifs is 1. The molecule has 0 aromatic heterocycles. The molecule has 6 rings (SSSR count). The van der Waals surface area contributed by atoms with Gasteiger partial charge < -0.3 is 10.2 Å². The maximum absolute atomic E-state index is 15.0. The molecule has 1 N–H and O–H groups in total. The second-order valence-corrected chi connectivity index (χ2v) is 12.8. The number of hydrogen-bond acceptors (Lipinski definition) is 3. The van der Waals surface area contributed by atoms with Crippen molar-refractivity contribution in [3.05, 3.63) is 144 Å². The van der Waals surface area contributed by atoms with E-state index in [0.717, 1.165) is 65.1 Å². The lowest BCUT2D eigenvalue weighted by Gasteiger charge is -2.32. The Morgan fingerprint density at radius 3 is 1.91 bits per heavy atom. The van der Waals surface area contributed by atoms with E-state index in [4.69, 9.17) is 0 Å². The van der Waals surface area contributed by atoms with E-state index in [9.17, 15) is 4.79 Å². The van der Waals surface area contributed by atoms with Crippen LogP contribution in [0.3, 0.4) is 0 Å². The van der Waals surface area contributed by atoms with E-state index in [2.05, 4.69) is 52.7 Å². The summed E-state index contributed by atoms with van der Waals surface area (Å²) >= 11 is 0. The highest BCUT2D eigenvalue weighted by Gasteiger charge is 2.42. The number of nitrogens with zero attached hydrogens (tertiary/aromatic N) is 2. The number of carbonyl (C=O) groups is 2. The first-order chi connectivity index (χ1) is 21.8. The van der Waals surface area contributed by atoms with Crippen LogP contribution in [-0.2, 0) is 9.59 Å². The molecular weight excluding hydrogens is 554 g/mol. The zero-order valence-electron chi connectivity index (χ0n) is 26.4. The predicted octanol–water partition coefficient (Wildman–Crippen LogP) is 8.13. The molecule has 0 radical (unpaired) electrons. The van der Waals surface area contributed by atoms with Crippen molar-refractivity contribution in [3.63, 3.8) is 0 Å². The molecule has 4 aromatic carbocycles. The third-order valence-electron chi connectivity index (χ3n) is 8.39. The number of para-hydroxylation sites is 1. The SMILES string of the molecule is CC(C)(C)NC(=O)C(c1ccccc1)N1C(=O)/C(=C(\C=C(/c2ccccc2)N2CCCCC2)c2ccccc2)c2ccccc21. The summed E-state index contributed by atoms with van der Waals surface area (Å²) in [5.74, 6) is -0.400. The summed E-state index contributed by atoms with van der Waals surface area (Å²) in [6.07, 6.45) is 5.71. The van der Waals surface area contributed by atoms with Gasteiger partial charge in [-0.2, -0.15) is 0 Å². The molecule has 0 aliphatic carbocycles. The summed E-state index contributed by atoms with van der Waals surface area (Å²) < 4.78 is 0. The number of nitrogens with one attached hydrogen (secondary N) is 1. The lowest BCUT2D eigenvalue weighted by Crippen LogP contribution is -2.48. The summed E-state index contributed by atoms with van der Waals surface area (Å²) in [5.41, 5.74) is 6.49. The van der Waals surface area contributed by atoms with Gasteiger partial charge >= 0.3 is 0 Å². The number of hydrogen-bond donors (Lipinski definition) is 1. The highest BCUT2D eigenvalue weighted by atomic mass is 16.2. The molecule has 228 valence electrons. The van der Waals surface area contributed by atoms with Crippen LogP contribution in [0.4, 0.5) is 5.69 Å². The summed E-state index contributed by atoms with van der Waals surface area (Å²) in [7, 11) is 0. The first kappa shape index (κ1) is 30.1. The van der Waals surface area contributed by atoms with Crippen molar-refractivity contribution in [2.75, 3.05) is 18.0 Å². The van der Waals surface area contributed by atoms with E-state index in [1.54, 1.807) is 4.90 Å². The summed E-state index contributed by atoms with van der Waals surface area (Å²) in [5, 5.41) is 3.15. The van der Waals surface area contributed by atoms with E-state index in [-0.39, 0.29) is 11.8 Å². The van der Waals surface area contributed by atoms with Crippen LogP contribution in [0.15, 0.2) is 121 Å². The number of benzene rings is 4. The first-order valence-electron chi connectivity index (χ1n) is 15.9. The van der Waals surface area contributed by atoms with E-state index in [1.165, 1.54) is 6.42 Å². The van der Waals surface area contributed by atoms with Crippen molar-refractivity contribution >= 4 is 34.3 Å². The molecule has 2 aliphatic rings. The highest BCUT2D eigenvalue weighted by molar-refractivity contribution is 6.39. The fraction of sp³-hybridized carbons (Fsp3) is 0.250. The van der Waals surface area contributed by atoms with Crippen LogP contribution >= 0.6 is 0 Å². The summed E-state index contributed by atoms with van der Waals surface area (Å²) in [6.45, 7) is 7.82. The number of carbonyl (C=O) groups excluding carboxylic acids is 2. The lowest BCUT2D eigenvalue weighted by atomic mass is 9.93. The molecule has 0 spiro atoms. The first-order valence-corrected chi connectivity index (χ1v) is 15.9. The smallest absolute Gasteiger partial charge is 0.260 e. The van der Waals surface area contributed by atoms with Gasteiger partial charge in [0.05, 0.1) is 11.3 Å². The van der Waals surface area contributed by atoms with Crippen LogP contribution in [0, 0.1) is 0 Å². The van der Waals surface area contributed by atoms with Crippen molar-refractivity contribution in [1.29, 1.82) is 0 Å². The van der Waals surface area contributed by atoms with Gasteiger partial charge in [0.2, 0.25) is 5.91 Å². The lowest BCUT2D eigenvalue weighted by molar-refractivity contribution is -0.126. The third kappa shape index (κ3) is 6.48. The molecule has 1 saturated heterocycles. The topological polar surface area (TPSA) is 52.7 Å². The predicted molar refractivity (Wildman–Crippen MR) is 184 cm³/mol. The highest BCUT2D eigenvalue weighted by Crippen LogP contribution is 2.46. The van der Waals surface area contributed by atoms with Gasteiger partial charge in [0, 0.05) is 29.9 Å². The Morgan fingerprint density at radius 2 is 1.29 bits per heavy atom. The number of anilines is 1. The van der Waals surface area contributed by atoms with E-state index in [0.29, 0.717) is 5.57 Å². The third-order valence-corrected chi connectivity index (χ3v) is 8.39. The van der Waals surface area contributed by atoms with Gasteiger partial charge in [-0.25, -0.2) is 0 Å². The zero-order chi connectivity index (χ0) is 31.4. The minimum atomic E-state index is -0.840. The number of allylic oxidation sites excluding steroid dienone is 2. The van der Waals surface area contributed by atoms with Gasteiger partial charge in [-0.15, -0.1) is 0 Å². The quantitative estimate of drug-likeness (QED) is 0.220. The monoisotopic (exact) mass is 595 g/mol. The molecular formula is C40H41N3O2. The Hall–Kier alpha value is -4.90. The summed E-state index contributed by atoms with van der Waals surface area (Å²) in [4.78, 5) is 33.2. The standard InChI is InChI=1S/C40H41N3O2/c1-40(2,3)41-38(44)37(31-22-12-6-13-23-31)43-34-25-15-14-24-32(34)36(39(43)45)33(29-18-8-4-9-19-29)28-35(30-20-10-5-11-21-30)42-26-16-7-17-27-42/h4-6,8-15,18-25,28,37H,7,16-17,26-27H2,1-3H3,(H,41,44)/b35-28+,36-33+. The Kier molecular flexibility index (Phi) is 8.70. The van der Waals surface area contributed by atoms with Crippen molar-refractivity contribution < 1.29 is 9.59 Å². The van der Waals surface area contributed by atoms with Crippen LogP contribution in [0.25, 0.3) is 16.8 Å². The molecule has 0 saturated carbocycles. The van der Waals surface area contributed by atoms with Crippen molar-refractivity contribution in [3.8, 4) is 0 Å². The van der Waals surface area contributed by atoms with Crippen LogP contribution in [0.2, 0.25) is 0 Å². The number of piperidine rings is 1. The molecule has 2 aliphatic heterocycles. The van der Waals surface area contributed by atoms with E-state index < -0.39 is 11.6 Å².